The lowest BCUT2D eigenvalue weighted by atomic mass is 10.1. The Bertz CT molecular complexity index is 1100. The topological polar surface area (TPSA) is 68.5 Å². The average molecular weight is 372 g/mol. The number of hydrogen-bond acceptors (Lipinski definition) is 4. The summed E-state index contributed by atoms with van der Waals surface area (Å²) in [6, 6.07) is 16.9. The molecular formula is C22H20N4O2. The molecule has 6 heteroatoms. The Hall–Kier alpha value is -3.67. The molecule has 0 aliphatic rings. The second-order valence-corrected chi connectivity index (χ2v) is 6.45. The van der Waals surface area contributed by atoms with Crippen molar-refractivity contribution in [1.29, 1.82) is 0 Å². The van der Waals surface area contributed by atoms with Gasteiger partial charge in [0.25, 0.3) is 5.91 Å². The van der Waals surface area contributed by atoms with Crippen LogP contribution in [0.1, 0.15) is 29.0 Å². The van der Waals surface area contributed by atoms with Crippen LogP contribution in [0.2, 0.25) is 0 Å². The number of rotatable bonds is 5. The van der Waals surface area contributed by atoms with Crippen molar-refractivity contribution in [2.24, 2.45) is 0 Å². The van der Waals surface area contributed by atoms with Crippen molar-refractivity contribution in [3.8, 4) is 17.0 Å². The first-order valence-electron chi connectivity index (χ1n) is 8.99. The number of imidazole rings is 1. The lowest BCUT2D eigenvalue weighted by Crippen LogP contribution is -2.27. The molecule has 1 N–H and O–H groups in total. The molecule has 0 saturated carbocycles. The smallest absolute Gasteiger partial charge is 0.272 e. The third-order valence-corrected chi connectivity index (χ3v) is 4.64. The number of benzene rings is 1. The van der Waals surface area contributed by atoms with Crippen molar-refractivity contribution < 1.29 is 9.53 Å². The summed E-state index contributed by atoms with van der Waals surface area (Å²) in [7, 11) is 1.63. The first-order valence-corrected chi connectivity index (χ1v) is 8.99. The van der Waals surface area contributed by atoms with Crippen LogP contribution in [0.25, 0.3) is 16.9 Å². The summed E-state index contributed by atoms with van der Waals surface area (Å²) in [5.41, 5.74) is 3.66. The number of pyridine rings is 2. The van der Waals surface area contributed by atoms with E-state index in [0.29, 0.717) is 11.3 Å². The van der Waals surface area contributed by atoms with E-state index in [0.717, 1.165) is 22.6 Å². The van der Waals surface area contributed by atoms with Crippen molar-refractivity contribution in [3.05, 3.63) is 84.4 Å². The normalized spacial score (nSPS) is 11.9. The Morgan fingerprint density at radius 2 is 1.93 bits per heavy atom. The molecule has 6 nitrogen and oxygen atoms in total. The van der Waals surface area contributed by atoms with Gasteiger partial charge in [0.15, 0.2) is 5.69 Å². The molecule has 4 aromatic rings. The zero-order valence-corrected chi connectivity index (χ0v) is 15.7. The van der Waals surface area contributed by atoms with Crippen molar-refractivity contribution >= 4 is 11.6 Å². The van der Waals surface area contributed by atoms with E-state index in [4.69, 9.17) is 4.74 Å². The van der Waals surface area contributed by atoms with Gasteiger partial charge in [-0.15, -0.1) is 0 Å². The van der Waals surface area contributed by atoms with Gasteiger partial charge in [-0.05, 0) is 55.0 Å². The minimum Gasteiger partial charge on any atom is -0.497 e. The Labute approximate surface area is 162 Å². The van der Waals surface area contributed by atoms with Crippen LogP contribution in [0, 0.1) is 0 Å². The molecule has 0 unspecified atom stereocenters. The van der Waals surface area contributed by atoms with Gasteiger partial charge in [0.2, 0.25) is 0 Å². The van der Waals surface area contributed by atoms with Crippen LogP contribution in [0.15, 0.2) is 73.2 Å². The van der Waals surface area contributed by atoms with E-state index in [2.05, 4.69) is 15.3 Å². The van der Waals surface area contributed by atoms with E-state index < -0.39 is 0 Å². The zero-order chi connectivity index (χ0) is 19.5. The molecule has 0 saturated heterocycles. The predicted molar refractivity (Wildman–Crippen MR) is 107 cm³/mol. The predicted octanol–water partition coefficient (Wildman–Crippen LogP) is 3.90. The van der Waals surface area contributed by atoms with E-state index in [-0.39, 0.29) is 11.9 Å². The minimum atomic E-state index is -0.231. The third kappa shape index (κ3) is 3.32. The van der Waals surface area contributed by atoms with Crippen molar-refractivity contribution in [3.63, 3.8) is 0 Å². The van der Waals surface area contributed by atoms with Gasteiger partial charge in [-0.1, -0.05) is 12.1 Å². The summed E-state index contributed by atoms with van der Waals surface area (Å²) < 4.78 is 7.17. The second kappa shape index (κ2) is 7.52. The monoisotopic (exact) mass is 372 g/mol. The fourth-order valence-electron chi connectivity index (χ4n) is 3.16. The molecule has 28 heavy (non-hydrogen) atoms. The molecule has 4 rings (SSSR count). The number of nitrogens with one attached hydrogen (secondary N) is 1. The maximum Gasteiger partial charge on any atom is 0.272 e. The lowest BCUT2D eigenvalue weighted by molar-refractivity contribution is 0.0936. The number of nitrogens with zero attached hydrogens (tertiary/aromatic N) is 3. The molecule has 1 amide bonds. The summed E-state index contributed by atoms with van der Waals surface area (Å²) in [6.45, 7) is 1.93. The number of ether oxygens (including phenoxy) is 1. The van der Waals surface area contributed by atoms with Crippen molar-refractivity contribution in [1.82, 2.24) is 19.7 Å². The minimum absolute atomic E-state index is 0.185. The highest BCUT2D eigenvalue weighted by atomic mass is 16.5. The van der Waals surface area contributed by atoms with Crippen molar-refractivity contribution in [2.75, 3.05) is 7.11 Å². The molecule has 0 aliphatic heterocycles. The van der Waals surface area contributed by atoms with Crippen LogP contribution >= 0.6 is 0 Å². The van der Waals surface area contributed by atoms with E-state index in [1.807, 2.05) is 72.1 Å². The molecule has 0 fully saturated rings. The van der Waals surface area contributed by atoms with E-state index in [9.17, 15) is 4.79 Å². The van der Waals surface area contributed by atoms with E-state index >= 15 is 0 Å². The Morgan fingerprint density at radius 3 is 2.64 bits per heavy atom. The van der Waals surface area contributed by atoms with Gasteiger partial charge in [0.05, 0.1) is 18.8 Å². The quantitative estimate of drug-likeness (QED) is 0.577. The molecule has 3 aromatic heterocycles. The molecule has 1 atom stereocenters. The molecule has 0 spiro atoms. The lowest BCUT2D eigenvalue weighted by Gasteiger charge is -2.14. The largest absolute Gasteiger partial charge is 0.497 e. The highest BCUT2D eigenvalue weighted by Crippen LogP contribution is 2.27. The van der Waals surface area contributed by atoms with Gasteiger partial charge in [0.1, 0.15) is 11.4 Å². The number of amides is 1. The molecule has 0 bridgehead atoms. The fourth-order valence-corrected chi connectivity index (χ4v) is 3.16. The summed E-state index contributed by atoms with van der Waals surface area (Å²) in [5.74, 6) is 0.527. The first-order chi connectivity index (χ1) is 13.7. The van der Waals surface area contributed by atoms with Gasteiger partial charge in [0, 0.05) is 24.2 Å². The number of carbonyl (C=O) groups excluding carboxylic acids is 1. The number of aromatic nitrogens is 3. The number of hydrogen-bond donors (Lipinski definition) is 1. The summed E-state index contributed by atoms with van der Waals surface area (Å²) in [4.78, 5) is 21.8. The number of fused-ring (bicyclic) bond motifs is 1. The van der Waals surface area contributed by atoms with Crippen molar-refractivity contribution in [2.45, 2.75) is 13.0 Å². The van der Waals surface area contributed by atoms with Crippen LogP contribution in [-0.4, -0.2) is 27.4 Å². The summed E-state index contributed by atoms with van der Waals surface area (Å²) >= 11 is 0. The third-order valence-electron chi connectivity index (χ3n) is 4.64. The Morgan fingerprint density at radius 1 is 1.11 bits per heavy atom. The second-order valence-electron chi connectivity index (χ2n) is 6.45. The van der Waals surface area contributed by atoms with Gasteiger partial charge in [-0.25, -0.2) is 4.98 Å². The Kier molecular flexibility index (Phi) is 4.76. The molecule has 3 heterocycles. The SMILES string of the molecule is COc1ccc(-c2c(C(=O)N[C@@H](C)c3cccnc3)nc3ccccn23)cc1. The summed E-state index contributed by atoms with van der Waals surface area (Å²) in [6.07, 6.45) is 5.37. The van der Waals surface area contributed by atoms with Gasteiger partial charge < -0.3 is 10.1 Å². The van der Waals surface area contributed by atoms with Crippen LogP contribution in [0.3, 0.4) is 0 Å². The van der Waals surface area contributed by atoms with Crippen LogP contribution in [-0.2, 0) is 0 Å². The van der Waals surface area contributed by atoms with Gasteiger partial charge >= 0.3 is 0 Å². The van der Waals surface area contributed by atoms with Gasteiger partial charge in [-0.3, -0.25) is 14.2 Å². The molecular weight excluding hydrogens is 352 g/mol. The Balaban J connectivity index is 1.74. The van der Waals surface area contributed by atoms with E-state index in [1.165, 1.54) is 0 Å². The first kappa shape index (κ1) is 17.7. The zero-order valence-electron chi connectivity index (χ0n) is 15.7. The van der Waals surface area contributed by atoms with Crippen LogP contribution in [0.4, 0.5) is 0 Å². The fraction of sp³-hybridized carbons (Fsp3) is 0.136. The molecule has 0 radical (unpaired) electrons. The van der Waals surface area contributed by atoms with Crippen LogP contribution in [0.5, 0.6) is 5.75 Å². The molecule has 0 aliphatic carbocycles. The maximum atomic E-state index is 13.1. The highest BCUT2D eigenvalue weighted by Gasteiger charge is 2.22. The average Bonchev–Trinajstić information content (AvgIpc) is 3.14. The molecule has 140 valence electrons. The van der Waals surface area contributed by atoms with Gasteiger partial charge in [-0.2, -0.15) is 0 Å². The number of carbonyl (C=O) groups is 1. The van der Waals surface area contributed by atoms with E-state index in [1.54, 1.807) is 19.5 Å². The highest BCUT2D eigenvalue weighted by molar-refractivity contribution is 5.99. The summed E-state index contributed by atoms with van der Waals surface area (Å²) in [5, 5.41) is 3.03. The number of methoxy groups -OCH3 is 1. The molecule has 1 aromatic carbocycles. The maximum absolute atomic E-state index is 13.1. The van der Waals surface area contributed by atoms with Crippen LogP contribution < -0.4 is 10.1 Å². The standard InChI is InChI=1S/C22H20N4O2/c1-15(17-6-5-12-23-14-17)24-22(27)20-21(16-8-10-18(28-2)11-9-16)26-13-4-3-7-19(26)25-20/h3-15H,1-2H3,(H,24,27)/t15-/m0/s1.